The highest BCUT2D eigenvalue weighted by atomic mass is 16.5. The van der Waals surface area contributed by atoms with Gasteiger partial charge in [-0.3, -0.25) is 9.59 Å². The molecule has 0 saturated carbocycles. The van der Waals surface area contributed by atoms with Crippen LogP contribution in [-0.2, 0) is 14.3 Å². The molecule has 6 heteroatoms. The Labute approximate surface area is 165 Å². The Hall–Kier alpha value is -3.15. The van der Waals surface area contributed by atoms with Crippen molar-refractivity contribution in [1.82, 2.24) is 0 Å². The molecular weight excluding hydrogens is 356 g/mol. The van der Waals surface area contributed by atoms with Gasteiger partial charge in [-0.2, -0.15) is 0 Å². The number of ether oxygens (including phenoxy) is 1. The molecule has 2 aromatic rings. The maximum absolute atomic E-state index is 13.1. The molecule has 0 radical (unpaired) electrons. The summed E-state index contributed by atoms with van der Waals surface area (Å²) in [5.41, 5.74) is -0.0538. The molecule has 0 aliphatic carbocycles. The highest BCUT2D eigenvalue weighted by Crippen LogP contribution is 2.26. The van der Waals surface area contributed by atoms with Crippen molar-refractivity contribution in [1.29, 1.82) is 0 Å². The predicted molar refractivity (Wildman–Crippen MR) is 109 cm³/mol. The van der Waals surface area contributed by atoms with Crippen LogP contribution in [0, 0.1) is 5.41 Å². The normalized spacial score (nSPS) is 10.9. The van der Waals surface area contributed by atoms with Crippen molar-refractivity contribution in [2.45, 2.75) is 27.7 Å². The van der Waals surface area contributed by atoms with E-state index in [0.717, 1.165) is 5.69 Å². The monoisotopic (exact) mass is 382 g/mol. The molecule has 0 aliphatic rings. The molecule has 0 aromatic heterocycles. The summed E-state index contributed by atoms with van der Waals surface area (Å²) in [7, 11) is 0. The molecule has 28 heavy (non-hydrogen) atoms. The molecule has 0 spiro atoms. The van der Waals surface area contributed by atoms with Crippen LogP contribution in [0.2, 0.25) is 0 Å². The second kappa shape index (κ2) is 9.17. The lowest BCUT2D eigenvalue weighted by Crippen LogP contribution is -2.47. The molecule has 2 amide bonds. The summed E-state index contributed by atoms with van der Waals surface area (Å²) in [6, 6.07) is 15.8. The second-order valence-corrected chi connectivity index (χ2v) is 6.73. The van der Waals surface area contributed by atoms with E-state index in [2.05, 4.69) is 5.32 Å². The van der Waals surface area contributed by atoms with Crippen LogP contribution in [0.1, 0.15) is 38.1 Å². The van der Waals surface area contributed by atoms with Crippen LogP contribution in [-0.4, -0.2) is 30.9 Å². The van der Waals surface area contributed by atoms with E-state index in [9.17, 15) is 14.4 Å². The molecule has 0 atom stereocenters. The van der Waals surface area contributed by atoms with E-state index in [1.807, 2.05) is 37.3 Å². The summed E-state index contributed by atoms with van der Waals surface area (Å²) in [6.07, 6.45) is 0. The fraction of sp³-hybridized carbons (Fsp3) is 0.318. The Balaban J connectivity index is 2.26. The van der Waals surface area contributed by atoms with Gasteiger partial charge in [-0.1, -0.05) is 30.3 Å². The average molecular weight is 382 g/mol. The zero-order valence-corrected chi connectivity index (χ0v) is 16.7. The topological polar surface area (TPSA) is 75.7 Å². The lowest BCUT2D eigenvalue weighted by atomic mass is 9.89. The summed E-state index contributed by atoms with van der Waals surface area (Å²) in [6.45, 7) is 7.37. The molecule has 6 nitrogen and oxygen atoms in total. The van der Waals surface area contributed by atoms with Crippen molar-refractivity contribution in [2.75, 3.05) is 23.4 Å². The van der Waals surface area contributed by atoms with E-state index in [0.29, 0.717) is 12.2 Å². The van der Waals surface area contributed by atoms with Gasteiger partial charge in [0.2, 0.25) is 11.8 Å². The minimum atomic E-state index is -1.34. The summed E-state index contributed by atoms with van der Waals surface area (Å²) in [5.74, 6) is -1.35. The Kier molecular flexibility index (Phi) is 6.93. The van der Waals surface area contributed by atoms with Crippen molar-refractivity contribution in [3.63, 3.8) is 0 Å². The number of para-hydroxylation sites is 2. The van der Waals surface area contributed by atoms with Crippen LogP contribution < -0.4 is 10.2 Å². The third-order valence-electron chi connectivity index (χ3n) is 4.40. The van der Waals surface area contributed by atoms with E-state index in [1.165, 1.54) is 0 Å². The summed E-state index contributed by atoms with van der Waals surface area (Å²) >= 11 is 0. The molecule has 2 rings (SSSR count). The minimum absolute atomic E-state index is 0.230. The Morgan fingerprint density at radius 2 is 1.57 bits per heavy atom. The minimum Gasteiger partial charge on any atom is -0.462 e. The number of benzene rings is 2. The molecule has 0 aliphatic heterocycles. The van der Waals surface area contributed by atoms with Crippen molar-refractivity contribution < 1.29 is 19.1 Å². The van der Waals surface area contributed by atoms with Gasteiger partial charge in [0.25, 0.3) is 0 Å². The number of rotatable bonds is 7. The molecule has 0 bridgehead atoms. The van der Waals surface area contributed by atoms with Gasteiger partial charge in [0, 0.05) is 12.2 Å². The first kappa shape index (κ1) is 21.2. The SMILES string of the molecule is CCOC(=O)c1ccccc1NC(=O)C(C)(C)C(=O)N(CC)c1ccccc1. The van der Waals surface area contributed by atoms with Crippen molar-refractivity contribution in [2.24, 2.45) is 5.41 Å². The molecule has 0 heterocycles. The fourth-order valence-corrected chi connectivity index (χ4v) is 2.74. The van der Waals surface area contributed by atoms with Gasteiger partial charge >= 0.3 is 5.97 Å². The largest absolute Gasteiger partial charge is 0.462 e. The van der Waals surface area contributed by atoms with Gasteiger partial charge in [-0.25, -0.2) is 4.79 Å². The zero-order valence-electron chi connectivity index (χ0n) is 16.7. The summed E-state index contributed by atoms with van der Waals surface area (Å²) < 4.78 is 5.03. The maximum Gasteiger partial charge on any atom is 0.340 e. The highest BCUT2D eigenvalue weighted by molar-refractivity contribution is 6.15. The molecule has 0 unspecified atom stereocenters. The number of hydrogen-bond acceptors (Lipinski definition) is 4. The van der Waals surface area contributed by atoms with Gasteiger partial charge in [-0.15, -0.1) is 0 Å². The molecule has 1 N–H and O–H groups in total. The Bertz CT molecular complexity index is 847. The fourth-order valence-electron chi connectivity index (χ4n) is 2.74. The number of anilines is 2. The number of amides is 2. The second-order valence-electron chi connectivity index (χ2n) is 6.73. The standard InChI is InChI=1S/C22H26N2O4/c1-5-24(16-12-8-7-9-13-16)21(27)22(3,4)20(26)23-18-15-11-10-14-17(18)19(25)28-6-2/h7-15H,5-6H2,1-4H3,(H,23,26). The number of carbonyl (C=O) groups excluding carboxylic acids is 3. The van der Waals surface area contributed by atoms with Crippen LogP contribution in [0.5, 0.6) is 0 Å². The first-order valence-corrected chi connectivity index (χ1v) is 9.27. The van der Waals surface area contributed by atoms with Crippen LogP contribution >= 0.6 is 0 Å². The molecule has 0 fully saturated rings. The quantitative estimate of drug-likeness (QED) is 0.582. The number of esters is 1. The van der Waals surface area contributed by atoms with E-state index < -0.39 is 17.3 Å². The molecule has 2 aromatic carbocycles. The lowest BCUT2D eigenvalue weighted by Gasteiger charge is -2.30. The maximum atomic E-state index is 13.1. The number of hydrogen-bond donors (Lipinski definition) is 1. The third kappa shape index (κ3) is 4.57. The molecule has 148 valence electrons. The van der Waals surface area contributed by atoms with E-state index in [-0.39, 0.29) is 18.1 Å². The van der Waals surface area contributed by atoms with Crippen molar-refractivity contribution in [3.8, 4) is 0 Å². The average Bonchev–Trinajstić information content (AvgIpc) is 2.69. The van der Waals surface area contributed by atoms with Crippen LogP contribution in [0.3, 0.4) is 0 Å². The summed E-state index contributed by atoms with van der Waals surface area (Å²) in [4.78, 5) is 39.8. The molecule has 0 saturated heterocycles. The first-order chi connectivity index (χ1) is 13.3. The van der Waals surface area contributed by atoms with Crippen LogP contribution in [0.25, 0.3) is 0 Å². The highest BCUT2D eigenvalue weighted by Gasteiger charge is 2.39. The number of nitrogens with zero attached hydrogens (tertiary/aromatic N) is 1. The number of nitrogens with one attached hydrogen (secondary N) is 1. The smallest absolute Gasteiger partial charge is 0.340 e. The third-order valence-corrected chi connectivity index (χ3v) is 4.40. The summed E-state index contributed by atoms with van der Waals surface area (Å²) in [5, 5.41) is 2.71. The van der Waals surface area contributed by atoms with Gasteiger partial charge in [-0.05, 0) is 52.0 Å². The van der Waals surface area contributed by atoms with E-state index in [1.54, 1.807) is 49.9 Å². The number of carbonyl (C=O) groups is 3. The van der Waals surface area contributed by atoms with E-state index >= 15 is 0 Å². The Morgan fingerprint density at radius 3 is 2.18 bits per heavy atom. The van der Waals surface area contributed by atoms with E-state index in [4.69, 9.17) is 4.74 Å². The predicted octanol–water partition coefficient (Wildman–Crippen LogP) is 3.88. The molecular formula is C22H26N2O4. The zero-order chi connectivity index (χ0) is 20.7. The van der Waals surface area contributed by atoms with Crippen LogP contribution in [0.4, 0.5) is 11.4 Å². The van der Waals surface area contributed by atoms with Crippen molar-refractivity contribution >= 4 is 29.2 Å². The Morgan fingerprint density at radius 1 is 0.964 bits per heavy atom. The van der Waals surface area contributed by atoms with Gasteiger partial charge in [0.15, 0.2) is 0 Å². The van der Waals surface area contributed by atoms with Crippen LogP contribution in [0.15, 0.2) is 54.6 Å². The van der Waals surface area contributed by atoms with Crippen molar-refractivity contribution in [3.05, 3.63) is 60.2 Å². The lowest BCUT2D eigenvalue weighted by molar-refractivity contribution is -0.136. The first-order valence-electron chi connectivity index (χ1n) is 9.27. The van der Waals surface area contributed by atoms with Gasteiger partial charge in [0.1, 0.15) is 5.41 Å². The van der Waals surface area contributed by atoms with Gasteiger partial charge in [0.05, 0.1) is 17.9 Å². The van der Waals surface area contributed by atoms with Gasteiger partial charge < -0.3 is 15.0 Å².